The Labute approximate surface area is 72.4 Å². The van der Waals surface area contributed by atoms with Crippen molar-refractivity contribution in [3.05, 3.63) is 23.5 Å². The predicted octanol–water partition coefficient (Wildman–Crippen LogP) is 1.03. The Morgan fingerprint density at radius 3 is 2.62 bits per heavy atom. The van der Waals surface area contributed by atoms with Crippen LogP contribution in [0.15, 0.2) is 12.3 Å². The van der Waals surface area contributed by atoms with Crippen LogP contribution in [0.5, 0.6) is 0 Å². The predicted molar refractivity (Wildman–Crippen MR) is 39.8 cm³/mol. The Balaban J connectivity index is 3.03. The van der Waals surface area contributed by atoms with E-state index in [9.17, 15) is 13.2 Å². The van der Waals surface area contributed by atoms with Gasteiger partial charge in [-0.3, -0.25) is 0 Å². The first-order valence-electron chi connectivity index (χ1n) is 3.57. The van der Waals surface area contributed by atoms with Crippen molar-refractivity contribution in [3.63, 3.8) is 0 Å². The quantitative estimate of drug-likeness (QED) is 0.658. The Kier molecular flexibility index (Phi) is 2.63. The number of hydrogen-bond donors (Lipinski definition) is 3. The second-order valence-corrected chi connectivity index (χ2v) is 2.59. The second-order valence-electron chi connectivity index (χ2n) is 2.59. The van der Waals surface area contributed by atoms with E-state index in [4.69, 9.17) is 10.8 Å². The maximum atomic E-state index is 12.2. The Morgan fingerprint density at radius 2 is 2.15 bits per heavy atom. The molecule has 4 N–H and O–H groups in total. The molecule has 1 aromatic rings. The summed E-state index contributed by atoms with van der Waals surface area (Å²) in [6, 6.07) is 0.215. The molecule has 0 aliphatic heterocycles. The molecule has 1 atom stereocenters. The van der Waals surface area contributed by atoms with Crippen molar-refractivity contribution in [2.24, 2.45) is 5.73 Å². The molecule has 0 aliphatic carbocycles. The highest BCUT2D eigenvalue weighted by molar-refractivity contribution is 5.26. The number of aliphatic hydroxyl groups is 1. The summed E-state index contributed by atoms with van der Waals surface area (Å²) >= 11 is 0. The number of halogens is 3. The van der Waals surface area contributed by atoms with E-state index < -0.39 is 24.5 Å². The van der Waals surface area contributed by atoms with E-state index in [2.05, 4.69) is 0 Å². The van der Waals surface area contributed by atoms with E-state index in [0.29, 0.717) is 0 Å². The van der Waals surface area contributed by atoms with Crippen LogP contribution in [-0.2, 0) is 6.18 Å². The van der Waals surface area contributed by atoms with Crippen LogP contribution in [-0.4, -0.2) is 16.7 Å². The van der Waals surface area contributed by atoms with E-state index in [0.717, 1.165) is 6.20 Å². The van der Waals surface area contributed by atoms with Gasteiger partial charge in [0.2, 0.25) is 0 Å². The van der Waals surface area contributed by atoms with Crippen LogP contribution >= 0.6 is 0 Å². The molecule has 0 bridgehead atoms. The lowest BCUT2D eigenvalue weighted by atomic mass is 10.1. The van der Waals surface area contributed by atoms with Gasteiger partial charge in [0, 0.05) is 11.8 Å². The highest BCUT2D eigenvalue weighted by Gasteiger charge is 2.35. The van der Waals surface area contributed by atoms with Gasteiger partial charge in [0.1, 0.15) is 5.69 Å². The van der Waals surface area contributed by atoms with Crippen LogP contribution in [0.2, 0.25) is 0 Å². The van der Waals surface area contributed by atoms with Gasteiger partial charge in [-0.15, -0.1) is 0 Å². The molecule has 6 heteroatoms. The fraction of sp³-hybridized carbons (Fsp3) is 0.429. The first kappa shape index (κ1) is 10.1. The van der Waals surface area contributed by atoms with E-state index in [1.165, 1.54) is 6.07 Å². The summed E-state index contributed by atoms with van der Waals surface area (Å²) in [7, 11) is 0. The standard InChI is InChI=1S/C7H9F3N2O/c8-7(9,10)6-4(1-2-12-6)5(11)3-13/h1-2,5,12-13H,3,11H2/t5-/m0/s1. The fourth-order valence-corrected chi connectivity index (χ4v) is 1.03. The number of aromatic nitrogens is 1. The van der Waals surface area contributed by atoms with Crippen molar-refractivity contribution >= 4 is 0 Å². The molecule has 74 valence electrons. The normalized spacial score (nSPS) is 14.5. The van der Waals surface area contributed by atoms with Crippen molar-refractivity contribution in [3.8, 4) is 0 Å². The number of rotatable bonds is 2. The summed E-state index contributed by atoms with van der Waals surface area (Å²) in [5.41, 5.74) is 4.26. The smallest absolute Gasteiger partial charge is 0.394 e. The molecule has 1 aromatic heterocycles. The summed E-state index contributed by atoms with van der Waals surface area (Å²) in [5.74, 6) is 0. The highest BCUT2D eigenvalue weighted by atomic mass is 19.4. The maximum absolute atomic E-state index is 12.2. The van der Waals surface area contributed by atoms with Crippen LogP contribution in [0.3, 0.4) is 0 Å². The molecule has 0 aliphatic rings. The number of nitrogens with one attached hydrogen (secondary N) is 1. The molecule has 0 unspecified atom stereocenters. The molecule has 1 rings (SSSR count). The van der Waals surface area contributed by atoms with Crippen LogP contribution in [0.25, 0.3) is 0 Å². The Hall–Kier alpha value is -1.01. The van der Waals surface area contributed by atoms with Crippen molar-refractivity contribution in [2.45, 2.75) is 12.2 Å². The first-order chi connectivity index (χ1) is 5.96. The third kappa shape index (κ3) is 2.02. The van der Waals surface area contributed by atoms with Gasteiger partial charge in [-0.05, 0) is 6.07 Å². The second kappa shape index (κ2) is 3.39. The van der Waals surface area contributed by atoms with E-state index >= 15 is 0 Å². The molecule has 0 amide bonds. The van der Waals surface area contributed by atoms with Gasteiger partial charge in [0.15, 0.2) is 0 Å². The van der Waals surface area contributed by atoms with Crippen molar-refractivity contribution < 1.29 is 18.3 Å². The molecule has 0 saturated carbocycles. The zero-order chi connectivity index (χ0) is 10.1. The Morgan fingerprint density at radius 1 is 1.54 bits per heavy atom. The van der Waals surface area contributed by atoms with E-state index in [1.807, 2.05) is 4.98 Å². The SMILES string of the molecule is N[C@@H](CO)c1cc[nH]c1C(F)(F)F. The number of H-pyrrole nitrogens is 1. The van der Waals surface area contributed by atoms with Gasteiger partial charge in [0.25, 0.3) is 0 Å². The third-order valence-electron chi connectivity index (χ3n) is 1.66. The van der Waals surface area contributed by atoms with Crippen LogP contribution in [0.4, 0.5) is 13.2 Å². The number of nitrogens with two attached hydrogens (primary N) is 1. The summed E-state index contributed by atoms with van der Waals surface area (Å²) in [6.45, 7) is -0.513. The van der Waals surface area contributed by atoms with E-state index in [1.54, 1.807) is 0 Å². The average molecular weight is 194 g/mol. The van der Waals surface area contributed by atoms with Gasteiger partial charge in [0.05, 0.1) is 12.6 Å². The molecule has 0 saturated heterocycles. The lowest BCUT2D eigenvalue weighted by Gasteiger charge is -2.11. The summed E-state index contributed by atoms with van der Waals surface area (Å²) in [5, 5.41) is 8.59. The minimum absolute atomic E-state index is 0.116. The van der Waals surface area contributed by atoms with Gasteiger partial charge >= 0.3 is 6.18 Å². The van der Waals surface area contributed by atoms with Crippen molar-refractivity contribution in [1.29, 1.82) is 0 Å². The number of hydrogen-bond acceptors (Lipinski definition) is 2. The van der Waals surface area contributed by atoms with Gasteiger partial charge < -0.3 is 15.8 Å². The first-order valence-corrected chi connectivity index (χ1v) is 3.57. The summed E-state index contributed by atoms with van der Waals surface area (Å²) in [6.07, 6.45) is -3.31. The number of alkyl halides is 3. The minimum Gasteiger partial charge on any atom is -0.394 e. The number of aromatic amines is 1. The monoisotopic (exact) mass is 194 g/mol. The summed E-state index contributed by atoms with van der Waals surface area (Å²) in [4.78, 5) is 2.04. The fourth-order valence-electron chi connectivity index (χ4n) is 1.03. The van der Waals surface area contributed by atoms with Gasteiger partial charge in [-0.1, -0.05) is 0 Å². The van der Waals surface area contributed by atoms with E-state index in [-0.39, 0.29) is 5.56 Å². The topological polar surface area (TPSA) is 62.0 Å². The molecule has 0 spiro atoms. The van der Waals surface area contributed by atoms with Crippen LogP contribution < -0.4 is 5.73 Å². The molecular weight excluding hydrogens is 185 g/mol. The zero-order valence-corrected chi connectivity index (χ0v) is 6.60. The van der Waals surface area contributed by atoms with Gasteiger partial charge in [-0.2, -0.15) is 13.2 Å². The Bertz CT molecular complexity index is 282. The minimum atomic E-state index is -4.45. The highest BCUT2D eigenvalue weighted by Crippen LogP contribution is 2.32. The zero-order valence-electron chi connectivity index (χ0n) is 6.60. The molecule has 1 heterocycles. The average Bonchev–Trinajstić information content (AvgIpc) is 2.49. The third-order valence-corrected chi connectivity index (χ3v) is 1.66. The van der Waals surface area contributed by atoms with Crippen LogP contribution in [0, 0.1) is 0 Å². The van der Waals surface area contributed by atoms with Gasteiger partial charge in [-0.25, -0.2) is 0 Å². The number of aliphatic hydroxyl groups excluding tert-OH is 1. The summed E-state index contributed by atoms with van der Waals surface area (Å²) < 4.78 is 36.6. The van der Waals surface area contributed by atoms with Crippen molar-refractivity contribution in [2.75, 3.05) is 6.61 Å². The van der Waals surface area contributed by atoms with Crippen molar-refractivity contribution in [1.82, 2.24) is 4.98 Å². The lowest BCUT2D eigenvalue weighted by molar-refractivity contribution is -0.141. The van der Waals surface area contributed by atoms with Crippen LogP contribution in [0.1, 0.15) is 17.3 Å². The molecular formula is C7H9F3N2O. The lowest BCUT2D eigenvalue weighted by Crippen LogP contribution is -2.19. The molecule has 0 fully saturated rings. The molecule has 13 heavy (non-hydrogen) atoms. The molecule has 0 aromatic carbocycles. The molecule has 3 nitrogen and oxygen atoms in total. The largest absolute Gasteiger partial charge is 0.431 e. The maximum Gasteiger partial charge on any atom is 0.431 e. The molecule has 0 radical (unpaired) electrons.